The van der Waals surface area contributed by atoms with Crippen molar-refractivity contribution in [3.8, 4) is 0 Å². The number of thiazole rings is 1. The van der Waals surface area contributed by atoms with Crippen molar-refractivity contribution >= 4 is 34.1 Å². The minimum absolute atomic E-state index is 0.0410. The van der Waals surface area contributed by atoms with Gasteiger partial charge in [0, 0.05) is 36.7 Å². The highest BCUT2D eigenvalue weighted by atomic mass is 32.2. The van der Waals surface area contributed by atoms with Crippen LogP contribution >= 0.6 is 23.1 Å². The number of nitrogens with two attached hydrogens (primary N) is 1. The minimum atomic E-state index is -0.0410. The monoisotopic (exact) mass is 485 g/mol. The number of nitrogens with zero attached hydrogens (tertiary/aromatic N) is 3. The summed E-state index contributed by atoms with van der Waals surface area (Å²) in [6.07, 6.45) is 5.69. The average molecular weight is 486 g/mol. The fourth-order valence-electron chi connectivity index (χ4n) is 3.67. The highest BCUT2D eigenvalue weighted by Crippen LogP contribution is 2.32. The first-order valence-electron chi connectivity index (χ1n) is 11.2. The van der Waals surface area contributed by atoms with Gasteiger partial charge in [-0.1, -0.05) is 44.2 Å². The molecule has 3 aromatic rings. The van der Waals surface area contributed by atoms with Crippen LogP contribution in [0.4, 0.5) is 5.13 Å². The Morgan fingerprint density at radius 2 is 2.06 bits per heavy atom. The van der Waals surface area contributed by atoms with Crippen LogP contribution in [0.25, 0.3) is 0 Å². The predicted octanol–water partition coefficient (Wildman–Crippen LogP) is 4.90. The van der Waals surface area contributed by atoms with E-state index in [0.717, 1.165) is 45.9 Å². The zero-order valence-electron chi connectivity index (χ0n) is 19.3. The van der Waals surface area contributed by atoms with Gasteiger partial charge in [-0.15, -0.1) is 11.8 Å². The van der Waals surface area contributed by atoms with Crippen LogP contribution in [0.15, 0.2) is 45.3 Å². The Balaban J connectivity index is 1.30. The van der Waals surface area contributed by atoms with Crippen molar-refractivity contribution in [3.05, 3.63) is 59.4 Å². The molecule has 2 aromatic heterocycles. The van der Waals surface area contributed by atoms with E-state index in [0.29, 0.717) is 24.4 Å². The van der Waals surface area contributed by atoms with E-state index in [1.807, 2.05) is 41.6 Å². The maximum atomic E-state index is 12.9. The van der Waals surface area contributed by atoms with Gasteiger partial charge in [-0.2, -0.15) is 0 Å². The van der Waals surface area contributed by atoms with Crippen LogP contribution < -0.4 is 11.1 Å². The van der Waals surface area contributed by atoms with Crippen molar-refractivity contribution in [2.24, 2.45) is 5.73 Å². The molecule has 33 heavy (non-hydrogen) atoms. The largest absolute Gasteiger partial charge is 0.444 e. The molecule has 0 spiro atoms. The molecule has 3 N–H and O–H groups in total. The molecule has 4 rings (SSSR count). The van der Waals surface area contributed by atoms with Gasteiger partial charge in [0.05, 0.1) is 22.4 Å². The lowest BCUT2D eigenvalue weighted by molar-refractivity contribution is 0.0715. The molecule has 1 saturated heterocycles. The smallest absolute Gasteiger partial charge is 0.253 e. The lowest BCUT2D eigenvalue weighted by atomic mass is 9.94. The second kappa shape index (κ2) is 10.3. The first-order valence-corrected chi connectivity index (χ1v) is 13.0. The number of nitrogens with one attached hydrogen (secondary N) is 1. The minimum Gasteiger partial charge on any atom is -0.444 e. The fraction of sp³-hybridized carbons (Fsp3) is 0.458. The van der Waals surface area contributed by atoms with Crippen molar-refractivity contribution in [1.29, 1.82) is 0 Å². The second-order valence-electron chi connectivity index (χ2n) is 9.28. The highest BCUT2D eigenvalue weighted by Gasteiger charge is 2.25. The molecule has 0 saturated carbocycles. The number of oxazole rings is 1. The Bertz CT molecular complexity index is 1070. The van der Waals surface area contributed by atoms with Crippen LogP contribution in [0.1, 0.15) is 61.2 Å². The Morgan fingerprint density at radius 1 is 1.27 bits per heavy atom. The summed E-state index contributed by atoms with van der Waals surface area (Å²) >= 11 is 3.30. The third kappa shape index (κ3) is 6.16. The number of likely N-dealkylation sites (tertiary alicyclic amines) is 1. The van der Waals surface area contributed by atoms with Gasteiger partial charge in [0.2, 0.25) is 5.89 Å². The summed E-state index contributed by atoms with van der Waals surface area (Å²) in [5, 5.41) is 4.40. The maximum absolute atomic E-state index is 12.9. The summed E-state index contributed by atoms with van der Waals surface area (Å²) in [5.41, 5.74) is 7.36. The highest BCUT2D eigenvalue weighted by molar-refractivity contribution is 8.00. The van der Waals surface area contributed by atoms with Gasteiger partial charge in [-0.25, -0.2) is 9.97 Å². The molecule has 1 unspecified atom stereocenters. The molecule has 0 bridgehead atoms. The van der Waals surface area contributed by atoms with Gasteiger partial charge < -0.3 is 20.4 Å². The SMILES string of the molecule is CC(C)(C)c1cnc(CSc2cnc(NC3CCCN(C(=O)c4ccc(CN)cc4)C3)s2)o1. The number of rotatable bonds is 7. The number of hydrogen-bond donors (Lipinski definition) is 2. The Kier molecular flexibility index (Phi) is 7.41. The van der Waals surface area contributed by atoms with Gasteiger partial charge in [-0.05, 0) is 30.5 Å². The lowest BCUT2D eigenvalue weighted by Gasteiger charge is -2.33. The number of carbonyl (C=O) groups is 1. The van der Waals surface area contributed by atoms with Crippen LogP contribution in [-0.4, -0.2) is 39.9 Å². The van der Waals surface area contributed by atoms with E-state index in [9.17, 15) is 4.79 Å². The molecule has 0 radical (unpaired) electrons. The van der Waals surface area contributed by atoms with Crippen molar-refractivity contribution < 1.29 is 9.21 Å². The van der Waals surface area contributed by atoms with E-state index >= 15 is 0 Å². The number of aromatic nitrogens is 2. The molecule has 176 valence electrons. The molecule has 7 nitrogen and oxygen atoms in total. The number of thioether (sulfide) groups is 1. The molecule has 1 aromatic carbocycles. The van der Waals surface area contributed by atoms with Crippen LogP contribution in [0.2, 0.25) is 0 Å². The van der Waals surface area contributed by atoms with Gasteiger partial charge in [0.1, 0.15) is 5.76 Å². The molecular formula is C24H31N5O2S2. The number of amides is 1. The summed E-state index contributed by atoms with van der Waals surface area (Å²) in [6, 6.07) is 7.76. The normalized spacial score (nSPS) is 16.7. The van der Waals surface area contributed by atoms with E-state index in [1.165, 1.54) is 0 Å². The fourth-order valence-corrected chi connectivity index (χ4v) is 5.47. The van der Waals surface area contributed by atoms with Crippen molar-refractivity contribution in [3.63, 3.8) is 0 Å². The predicted molar refractivity (Wildman–Crippen MR) is 134 cm³/mol. The Hall–Kier alpha value is -2.36. The average Bonchev–Trinajstić information content (AvgIpc) is 3.47. The molecule has 1 atom stereocenters. The van der Waals surface area contributed by atoms with Gasteiger partial charge >= 0.3 is 0 Å². The standard InChI is InChI=1S/C24H31N5O2S2/c1-24(2,3)19-12-26-20(31-19)15-32-21-13-27-23(33-21)28-18-5-4-10-29(14-18)22(30)17-8-6-16(11-25)7-9-17/h6-9,12-13,18H,4-5,10-11,14-15,25H2,1-3H3,(H,27,28). The van der Waals surface area contributed by atoms with E-state index in [4.69, 9.17) is 10.2 Å². The summed E-state index contributed by atoms with van der Waals surface area (Å²) in [6.45, 7) is 8.27. The lowest BCUT2D eigenvalue weighted by Crippen LogP contribution is -2.45. The van der Waals surface area contributed by atoms with Crippen LogP contribution in [-0.2, 0) is 17.7 Å². The summed E-state index contributed by atoms with van der Waals surface area (Å²) in [7, 11) is 0. The molecule has 1 aliphatic heterocycles. The van der Waals surface area contributed by atoms with E-state index in [1.54, 1.807) is 23.1 Å². The number of anilines is 1. The van der Waals surface area contributed by atoms with Gasteiger partial charge in [0.25, 0.3) is 5.91 Å². The molecular weight excluding hydrogens is 454 g/mol. The first-order chi connectivity index (χ1) is 15.8. The quantitative estimate of drug-likeness (QED) is 0.460. The van der Waals surface area contributed by atoms with Crippen LogP contribution in [0, 0.1) is 0 Å². The number of hydrogen-bond acceptors (Lipinski definition) is 8. The Morgan fingerprint density at radius 3 is 2.76 bits per heavy atom. The zero-order chi connectivity index (χ0) is 23.4. The number of carbonyl (C=O) groups excluding carboxylic acids is 1. The van der Waals surface area contributed by atoms with E-state index < -0.39 is 0 Å². The van der Waals surface area contributed by atoms with Gasteiger partial charge in [-0.3, -0.25) is 4.79 Å². The molecule has 9 heteroatoms. The van der Waals surface area contributed by atoms with Crippen molar-refractivity contribution in [2.45, 2.75) is 61.6 Å². The molecule has 3 heterocycles. The summed E-state index contributed by atoms with van der Waals surface area (Å²) in [5.74, 6) is 2.37. The van der Waals surface area contributed by atoms with Gasteiger partial charge in [0.15, 0.2) is 5.13 Å². The molecule has 0 aliphatic carbocycles. The van der Waals surface area contributed by atoms with Crippen LogP contribution in [0.5, 0.6) is 0 Å². The second-order valence-corrected chi connectivity index (χ2v) is 11.6. The topological polar surface area (TPSA) is 97.3 Å². The molecule has 1 aliphatic rings. The molecule has 1 amide bonds. The zero-order valence-corrected chi connectivity index (χ0v) is 21.0. The third-order valence-electron chi connectivity index (χ3n) is 5.59. The maximum Gasteiger partial charge on any atom is 0.253 e. The molecule has 1 fully saturated rings. The van der Waals surface area contributed by atoms with Crippen LogP contribution in [0.3, 0.4) is 0 Å². The number of piperidine rings is 1. The van der Waals surface area contributed by atoms with E-state index in [2.05, 4.69) is 36.1 Å². The van der Waals surface area contributed by atoms with E-state index in [-0.39, 0.29) is 17.4 Å². The summed E-state index contributed by atoms with van der Waals surface area (Å²) < 4.78 is 6.98. The summed E-state index contributed by atoms with van der Waals surface area (Å²) in [4.78, 5) is 23.8. The van der Waals surface area contributed by atoms with Crippen molar-refractivity contribution in [1.82, 2.24) is 14.9 Å². The third-order valence-corrected chi connectivity index (χ3v) is 7.70. The van der Waals surface area contributed by atoms with Crippen molar-refractivity contribution in [2.75, 3.05) is 18.4 Å². The first kappa shape index (κ1) is 23.8. The Labute approximate surface area is 203 Å². The number of benzene rings is 1.